The summed E-state index contributed by atoms with van der Waals surface area (Å²) in [6.07, 6.45) is 0. The van der Waals surface area contributed by atoms with Gasteiger partial charge in [0, 0.05) is 12.6 Å². The van der Waals surface area contributed by atoms with Gasteiger partial charge in [0.1, 0.15) is 12.3 Å². The molecule has 3 aromatic carbocycles. The number of nitrogens with zero attached hydrogens (tertiary/aromatic N) is 1. The van der Waals surface area contributed by atoms with E-state index >= 15 is 0 Å². The van der Waals surface area contributed by atoms with Gasteiger partial charge in [-0.1, -0.05) is 54.1 Å². The number of sulfonamides is 1. The number of rotatable bonds is 11. The molecule has 0 aliphatic carbocycles. The lowest BCUT2D eigenvalue weighted by Gasteiger charge is -2.24. The number of hydrogen-bond donors (Lipinski definition) is 1. The number of carbonyl (C=O) groups is 1. The molecule has 0 aromatic heterocycles. The van der Waals surface area contributed by atoms with E-state index in [0.717, 1.165) is 15.4 Å². The van der Waals surface area contributed by atoms with E-state index in [1.54, 1.807) is 36.4 Å². The summed E-state index contributed by atoms with van der Waals surface area (Å²) < 4.78 is 38.7. The van der Waals surface area contributed by atoms with Gasteiger partial charge in [-0.25, -0.2) is 8.42 Å². The van der Waals surface area contributed by atoms with E-state index in [1.165, 1.54) is 19.2 Å². The minimum absolute atomic E-state index is 0.106. The number of benzene rings is 3. The SMILES string of the molecule is COc1cccc(N(CC(=O)NCCOCc2ccccc2)S(=O)(=O)c2ccc(C)cc2)c1. The zero-order valence-electron chi connectivity index (χ0n) is 18.7. The van der Waals surface area contributed by atoms with Crippen molar-refractivity contribution in [1.29, 1.82) is 0 Å². The maximum Gasteiger partial charge on any atom is 0.264 e. The average Bonchev–Trinajstić information content (AvgIpc) is 2.83. The first-order valence-electron chi connectivity index (χ1n) is 10.5. The van der Waals surface area contributed by atoms with Gasteiger partial charge in [0.25, 0.3) is 10.0 Å². The Morgan fingerprint density at radius 1 is 0.970 bits per heavy atom. The molecule has 0 bridgehead atoms. The Kier molecular flexibility index (Phi) is 8.46. The molecular weight excluding hydrogens is 440 g/mol. The van der Waals surface area contributed by atoms with Gasteiger partial charge in [-0.05, 0) is 36.8 Å². The lowest BCUT2D eigenvalue weighted by molar-refractivity contribution is -0.119. The number of hydrogen-bond acceptors (Lipinski definition) is 5. The van der Waals surface area contributed by atoms with Gasteiger partial charge in [0.15, 0.2) is 0 Å². The summed E-state index contributed by atoms with van der Waals surface area (Å²) >= 11 is 0. The topological polar surface area (TPSA) is 84.9 Å². The monoisotopic (exact) mass is 468 g/mol. The zero-order valence-corrected chi connectivity index (χ0v) is 19.5. The molecule has 0 fully saturated rings. The first-order chi connectivity index (χ1) is 15.9. The molecule has 0 unspecified atom stereocenters. The predicted molar refractivity (Wildman–Crippen MR) is 128 cm³/mol. The summed E-state index contributed by atoms with van der Waals surface area (Å²) in [6.45, 7) is 2.52. The molecule has 0 saturated heterocycles. The highest BCUT2D eigenvalue weighted by Gasteiger charge is 2.27. The fraction of sp³-hybridized carbons (Fsp3) is 0.240. The van der Waals surface area contributed by atoms with Crippen LogP contribution in [0.1, 0.15) is 11.1 Å². The highest BCUT2D eigenvalue weighted by molar-refractivity contribution is 7.92. The van der Waals surface area contributed by atoms with Crippen LogP contribution < -0.4 is 14.4 Å². The van der Waals surface area contributed by atoms with E-state index in [0.29, 0.717) is 24.7 Å². The molecule has 0 aliphatic heterocycles. The van der Waals surface area contributed by atoms with Crippen LogP contribution in [0.5, 0.6) is 5.75 Å². The summed E-state index contributed by atoms with van der Waals surface area (Å²) in [5, 5.41) is 2.73. The van der Waals surface area contributed by atoms with E-state index in [-0.39, 0.29) is 18.0 Å². The number of nitrogens with one attached hydrogen (secondary N) is 1. The smallest absolute Gasteiger partial charge is 0.264 e. The molecule has 33 heavy (non-hydrogen) atoms. The molecule has 8 heteroatoms. The molecule has 1 N–H and O–H groups in total. The Morgan fingerprint density at radius 2 is 1.70 bits per heavy atom. The molecule has 0 saturated carbocycles. The van der Waals surface area contributed by atoms with E-state index < -0.39 is 15.9 Å². The van der Waals surface area contributed by atoms with Gasteiger partial charge in [-0.3, -0.25) is 9.10 Å². The average molecular weight is 469 g/mol. The lowest BCUT2D eigenvalue weighted by Crippen LogP contribution is -2.41. The standard InChI is InChI=1S/C25H28N2O5S/c1-20-11-13-24(14-12-20)33(29,30)27(22-9-6-10-23(17-22)31-2)18-25(28)26-15-16-32-19-21-7-4-3-5-8-21/h3-14,17H,15-16,18-19H2,1-2H3,(H,26,28). The Bertz CT molecular complexity index is 1150. The van der Waals surface area contributed by atoms with Crippen molar-refractivity contribution >= 4 is 21.6 Å². The number of aryl methyl sites for hydroxylation is 1. The van der Waals surface area contributed by atoms with Crippen LogP contribution in [-0.2, 0) is 26.2 Å². The molecule has 7 nitrogen and oxygen atoms in total. The van der Waals surface area contributed by atoms with Crippen LogP contribution in [0.25, 0.3) is 0 Å². The van der Waals surface area contributed by atoms with E-state index in [4.69, 9.17) is 9.47 Å². The second-order valence-electron chi connectivity index (χ2n) is 7.41. The van der Waals surface area contributed by atoms with Crippen LogP contribution >= 0.6 is 0 Å². The molecule has 0 atom stereocenters. The van der Waals surface area contributed by atoms with Crippen molar-refractivity contribution in [2.45, 2.75) is 18.4 Å². The van der Waals surface area contributed by atoms with Crippen molar-refractivity contribution in [2.75, 3.05) is 31.1 Å². The number of anilines is 1. The van der Waals surface area contributed by atoms with Crippen molar-refractivity contribution in [3.05, 3.63) is 90.0 Å². The molecule has 0 spiro atoms. The van der Waals surface area contributed by atoms with E-state index in [1.807, 2.05) is 37.3 Å². The van der Waals surface area contributed by atoms with Gasteiger partial charge in [0.2, 0.25) is 5.91 Å². The third-order valence-electron chi connectivity index (χ3n) is 4.92. The summed E-state index contributed by atoms with van der Waals surface area (Å²) in [5.41, 5.74) is 2.32. The van der Waals surface area contributed by atoms with Crippen molar-refractivity contribution in [3.8, 4) is 5.75 Å². The number of carbonyl (C=O) groups excluding carboxylic acids is 1. The Labute approximate surface area is 195 Å². The number of methoxy groups -OCH3 is 1. The van der Waals surface area contributed by atoms with Crippen LogP contribution in [0.2, 0.25) is 0 Å². The van der Waals surface area contributed by atoms with E-state index in [2.05, 4.69) is 5.32 Å². The quantitative estimate of drug-likeness (QED) is 0.435. The third-order valence-corrected chi connectivity index (χ3v) is 6.71. The fourth-order valence-electron chi connectivity index (χ4n) is 3.13. The molecule has 0 radical (unpaired) electrons. The number of ether oxygens (including phenoxy) is 2. The van der Waals surface area contributed by atoms with Gasteiger partial charge < -0.3 is 14.8 Å². The Balaban J connectivity index is 1.68. The maximum atomic E-state index is 13.4. The normalized spacial score (nSPS) is 11.1. The summed E-state index contributed by atoms with van der Waals surface area (Å²) in [6, 6.07) is 22.8. The molecule has 0 aliphatic rings. The fourth-order valence-corrected chi connectivity index (χ4v) is 4.54. The van der Waals surface area contributed by atoms with E-state index in [9.17, 15) is 13.2 Å². The first-order valence-corrected chi connectivity index (χ1v) is 12.0. The van der Waals surface area contributed by atoms with Crippen LogP contribution in [0, 0.1) is 6.92 Å². The molecule has 3 aromatic rings. The van der Waals surface area contributed by atoms with Crippen molar-refractivity contribution in [3.63, 3.8) is 0 Å². The second kappa shape index (κ2) is 11.5. The largest absolute Gasteiger partial charge is 0.497 e. The molecule has 174 valence electrons. The van der Waals surface area contributed by atoms with Crippen molar-refractivity contribution in [2.24, 2.45) is 0 Å². The maximum absolute atomic E-state index is 13.4. The van der Waals surface area contributed by atoms with Gasteiger partial charge in [-0.2, -0.15) is 0 Å². The van der Waals surface area contributed by atoms with Gasteiger partial charge >= 0.3 is 0 Å². The summed E-state index contributed by atoms with van der Waals surface area (Å²) in [7, 11) is -2.48. The molecule has 1 amide bonds. The van der Waals surface area contributed by atoms with Crippen LogP contribution in [0.3, 0.4) is 0 Å². The highest BCUT2D eigenvalue weighted by atomic mass is 32.2. The number of amides is 1. The molecule has 0 heterocycles. The highest BCUT2D eigenvalue weighted by Crippen LogP contribution is 2.27. The van der Waals surface area contributed by atoms with Gasteiger partial charge in [0.05, 0.1) is 30.9 Å². The zero-order chi connectivity index (χ0) is 23.7. The summed E-state index contributed by atoms with van der Waals surface area (Å²) in [4.78, 5) is 12.7. The second-order valence-corrected chi connectivity index (χ2v) is 9.28. The summed E-state index contributed by atoms with van der Waals surface area (Å²) in [5.74, 6) is 0.0585. The molecule has 3 rings (SSSR count). The predicted octanol–water partition coefficient (Wildman–Crippen LogP) is 3.53. The Hall–Kier alpha value is -3.36. The minimum Gasteiger partial charge on any atom is -0.497 e. The minimum atomic E-state index is -3.98. The van der Waals surface area contributed by atoms with Crippen molar-refractivity contribution < 1.29 is 22.7 Å². The Morgan fingerprint density at radius 3 is 2.39 bits per heavy atom. The third kappa shape index (κ3) is 6.81. The van der Waals surface area contributed by atoms with Crippen molar-refractivity contribution in [1.82, 2.24) is 5.32 Å². The van der Waals surface area contributed by atoms with Crippen LogP contribution in [-0.4, -0.2) is 41.1 Å². The van der Waals surface area contributed by atoms with Gasteiger partial charge in [-0.15, -0.1) is 0 Å². The van der Waals surface area contributed by atoms with Crippen LogP contribution in [0.4, 0.5) is 5.69 Å². The molecular formula is C25H28N2O5S. The first kappa shape index (κ1) is 24.3. The lowest BCUT2D eigenvalue weighted by atomic mass is 10.2. The van der Waals surface area contributed by atoms with Crippen LogP contribution in [0.15, 0.2) is 83.8 Å².